The largest absolute Gasteiger partial charge is 0.366 e. The molecular formula is C9H17N5. The molecule has 0 aliphatic rings. The molecule has 1 rings (SSSR count). The van der Waals surface area contributed by atoms with E-state index < -0.39 is 0 Å². The molecule has 0 aliphatic heterocycles. The van der Waals surface area contributed by atoms with Crippen molar-refractivity contribution < 1.29 is 0 Å². The molecule has 14 heavy (non-hydrogen) atoms. The lowest BCUT2D eigenvalue weighted by atomic mass is 10.4. The van der Waals surface area contributed by atoms with Crippen molar-refractivity contribution in [3.05, 3.63) is 6.20 Å². The van der Waals surface area contributed by atoms with Crippen LogP contribution in [0.3, 0.4) is 0 Å². The second-order valence-corrected chi connectivity index (χ2v) is 3.39. The quantitative estimate of drug-likeness (QED) is 0.745. The van der Waals surface area contributed by atoms with E-state index in [1.54, 1.807) is 6.20 Å². The van der Waals surface area contributed by atoms with E-state index in [4.69, 9.17) is 0 Å². The van der Waals surface area contributed by atoms with Crippen molar-refractivity contribution in [3.63, 3.8) is 0 Å². The number of aromatic nitrogens is 3. The van der Waals surface area contributed by atoms with E-state index in [1.165, 1.54) is 0 Å². The normalized spacial score (nSPS) is 10.3. The molecule has 0 unspecified atom stereocenters. The molecule has 78 valence electrons. The lowest BCUT2D eigenvalue weighted by molar-refractivity contribution is 0.864. The highest BCUT2D eigenvalue weighted by atomic mass is 15.3. The van der Waals surface area contributed by atoms with E-state index in [1.807, 2.05) is 0 Å². The van der Waals surface area contributed by atoms with Gasteiger partial charge in [-0.1, -0.05) is 6.92 Å². The average molecular weight is 195 g/mol. The van der Waals surface area contributed by atoms with Crippen molar-refractivity contribution in [2.45, 2.75) is 33.2 Å². The topological polar surface area (TPSA) is 62.7 Å². The number of rotatable bonds is 5. The molecule has 5 heteroatoms. The third kappa shape index (κ3) is 3.55. The molecule has 0 fully saturated rings. The highest BCUT2D eigenvalue weighted by molar-refractivity contribution is 5.37. The Hall–Kier alpha value is -1.39. The smallest absolute Gasteiger partial charge is 0.244 e. The summed E-state index contributed by atoms with van der Waals surface area (Å²) < 4.78 is 0. The van der Waals surface area contributed by atoms with Gasteiger partial charge in [0.05, 0.1) is 6.20 Å². The lowest BCUT2D eigenvalue weighted by Crippen LogP contribution is -2.13. The first-order chi connectivity index (χ1) is 6.72. The molecule has 1 aromatic rings. The van der Waals surface area contributed by atoms with Gasteiger partial charge in [-0.3, -0.25) is 0 Å². The Labute approximate surface area is 84.3 Å². The Morgan fingerprint density at radius 1 is 1.43 bits per heavy atom. The summed E-state index contributed by atoms with van der Waals surface area (Å²) in [6.45, 7) is 7.08. The molecule has 0 saturated heterocycles. The second kappa shape index (κ2) is 5.36. The Bertz CT molecular complexity index is 274. The highest BCUT2D eigenvalue weighted by Gasteiger charge is 2.00. The van der Waals surface area contributed by atoms with Crippen LogP contribution in [0.4, 0.5) is 11.8 Å². The fourth-order valence-corrected chi connectivity index (χ4v) is 0.981. The third-order valence-electron chi connectivity index (χ3n) is 1.53. The van der Waals surface area contributed by atoms with Gasteiger partial charge in [-0.25, -0.2) is 0 Å². The second-order valence-electron chi connectivity index (χ2n) is 3.39. The number of nitrogens with zero attached hydrogens (tertiary/aromatic N) is 3. The Morgan fingerprint density at radius 2 is 2.21 bits per heavy atom. The molecule has 0 aliphatic carbocycles. The summed E-state index contributed by atoms with van der Waals surface area (Å²) >= 11 is 0. The van der Waals surface area contributed by atoms with Gasteiger partial charge in [0.25, 0.3) is 0 Å². The summed E-state index contributed by atoms with van der Waals surface area (Å²) in [6, 6.07) is 0.353. The van der Waals surface area contributed by atoms with Crippen LogP contribution in [0.1, 0.15) is 27.2 Å². The Kier molecular flexibility index (Phi) is 4.10. The van der Waals surface area contributed by atoms with Gasteiger partial charge >= 0.3 is 0 Å². The maximum atomic E-state index is 4.25. The summed E-state index contributed by atoms with van der Waals surface area (Å²) in [7, 11) is 0. The summed E-state index contributed by atoms with van der Waals surface area (Å²) in [5, 5.41) is 14.0. The van der Waals surface area contributed by atoms with E-state index in [-0.39, 0.29) is 0 Å². The van der Waals surface area contributed by atoms with E-state index in [2.05, 4.69) is 46.6 Å². The molecular weight excluding hydrogens is 178 g/mol. The highest BCUT2D eigenvalue weighted by Crippen LogP contribution is 2.04. The lowest BCUT2D eigenvalue weighted by Gasteiger charge is -2.09. The van der Waals surface area contributed by atoms with Crippen molar-refractivity contribution in [1.29, 1.82) is 0 Å². The number of hydrogen-bond donors (Lipinski definition) is 2. The molecule has 0 spiro atoms. The standard InChI is InChI=1S/C9H17N5/c1-4-5-10-9-13-8(6-11-14-9)12-7(2)3/h6-7H,4-5H2,1-3H3,(H2,10,12,13,14). The van der Waals surface area contributed by atoms with Crippen molar-refractivity contribution in [2.75, 3.05) is 17.2 Å². The van der Waals surface area contributed by atoms with Gasteiger partial charge in [0.15, 0.2) is 5.82 Å². The van der Waals surface area contributed by atoms with Gasteiger partial charge in [0.2, 0.25) is 5.95 Å². The van der Waals surface area contributed by atoms with Gasteiger partial charge in [0, 0.05) is 12.6 Å². The predicted octanol–water partition coefficient (Wildman–Crippen LogP) is 1.51. The molecule has 2 N–H and O–H groups in total. The Morgan fingerprint density at radius 3 is 2.86 bits per heavy atom. The molecule has 0 bridgehead atoms. The summed E-state index contributed by atoms with van der Waals surface area (Å²) in [4.78, 5) is 4.25. The van der Waals surface area contributed by atoms with Gasteiger partial charge < -0.3 is 10.6 Å². The van der Waals surface area contributed by atoms with Crippen LogP contribution in [0.2, 0.25) is 0 Å². The number of nitrogens with one attached hydrogen (secondary N) is 2. The first-order valence-electron chi connectivity index (χ1n) is 4.92. The molecule has 0 amide bonds. The molecule has 0 saturated carbocycles. The van der Waals surface area contributed by atoms with Crippen LogP contribution in [0.5, 0.6) is 0 Å². The van der Waals surface area contributed by atoms with Crippen molar-refractivity contribution in [3.8, 4) is 0 Å². The summed E-state index contributed by atoms with van der Waals surface area (Å²) in [6.07, 6.45) is 2.67. The van der Waals surface area contributed by atoms with E-state index in [0.29, 0.717) is 12.0 Å². The maximum absolute atomic E-state index is 4.25. The van der Waals surface area contributed by atoms with Crippen LogP contribution < -0.4 is 10.6 Å². The van der Waals surface area contributed by atoms with Gasteiger partial charge in [-0.2, -0.15) is 10.1 Å². The van der Waals surface area contributed by atoms with Crippen LogP contribution >= 0.6 is 0 Å². The van der Waals surface area contributed by atoms with E-state index in [9.17, 15) is 0 Å². The first kappa shape index (κ1) is 10.7. The van der Waals surface area contributed by atoms with Gasteiger partial charge in [-0.05, 0) is 20.3 Å². The van der Waals surface area contributed by atoms with Crippen LogP contribution in [0.25, 0.3) is 0 Å². The molecule has 0 atom stereocenters. The SMILES string of the molecule is CCCNc1nncc(NC(C)C)n1. The minimum absolute atomic E-state index is 0.353. The number of hydrogen-bond acceptors (Lipinski definition) is 5. The predicted molar refractivity (Wildman–Crippen MR) is 57.4 cm³/mol. The fraction of sp³-hybridized carbons (Fsp3) is 0.667. The Balaban J connectivity index is 2.59. The average Bonchev–Trinajstić information content (AvgIpc) is 2.14. The molecule has 0 aromatic carbocycles. The molecule has 1 heterocycles. The molecule has 5 nitrogen and oxygen atoms in total. The molecule has 0 radical (unpaired) electrons. The maximum Gasteiger partial charge on any atom is 0.244 e. The van der Waals surface area contributed by atoms with Crippen molar-refractivity contribution in [2.24, 2.45) is 0 Å². The van der Waals surface area contributed by atoms with Gasteiger partial charge in [-0.15, -0.1) is 5.10 Å². The summed E-state index contributed by atoms with van der Waals surface area (Å²) in [5.74, 6) is 1.34. The van der Waals surface area contributed by atoms with E-state index >= 15 is 0 Å². The van der Waals surface area contributed by atoms with E-state index in [0.717, 1.165) is 18.8 Å². The van der Waals surface area contributed by atoms with Crippen LogP contribution in [0, 0.1) is 0 Å². The van der Waals surface area contributed by atoms with Crippen LogP contribution in [-0.2, 0) is 0 Å². The number of anilines is 2. The monoisotopic (exact) mass is 195 g/mol. The zero-order valence-electron chi connectivity index (χ0n) is 8.91. The van der Waals surface area contributed by atoms with Crippen LogP contribution in [0.15, 0.2) is 6.20 Å². The van der Waals surface area contributed by atoms with Crippen LogP contribution in [-0.4, -0.2) is 27.8 Å². The molecule has 1 aromatic heterocycles. The fourth-order valence-electron chi connectivity index (χ4n) is 0.981. The first-order valence-corrected chi connectivity index (χ1v) is 4.92. The minimum atomic E-state index is 0.353. The van der Waals surface area contributed by atoms with Crippen molar-refractivity contribution >= 4 is 11.8 Å². The summed E-state index contributed by atoms with van der Waals surface area (Å²) in [5.41, 5.74) is 0. The minimum Gasteiger partial charge on any atom is -0.366 e. The van der Waals surface area contributed by atoms with Crippen molar-refractivity contribution in [1.82, 2.24) is 15.2 Å². The zero-order chi connectivity index (χ0) is 10.4. The van der Waals surface area contributed by atoms with Gasteiger partial charge in [0.1, 0.15) is 0 Å². The third-order valence-corrected chi connectivity index (χ3v) is 1.53. The zero-order valence-corrected chi connectivity index (χ0v) is 8.91.